The highest BCUT2D eigenvalue weighted by atomic mass is 32.2. The maximum Gasteiger partial charge on any atom is 0.573 e. The normalized spacial score (nSPS) is 20.8. The number of halogens is 3. The zero-order chi connectivity index (χ0) is 18.8. The number of hydrogen-bond donors (Lipinski definition) is 2. The van der Waals surface area contributed by atoms with Crippen molar-refractivity contribution in [1.82, 2.24) is 10.6 Å². The lowest BCUT2D eigenvalue weighted by molar-refractivity contribution is -0.274. The van der Waals surface area contributed by atoms with Crippen LogP contribution in [0.5, 0.6) is 5.75 Å². The van der Waals surface area contributed by atoms with Crippen LogP contribution in [-0.4, -0.2) is 29.3 Å². The fourth-order valence-corrected chi connectivity index (χ4v) is 3.04. The van der Waals surface area contributed by atoms with E-state index in [0.29, 0.717) is 5.56 Å². The maximum atomic E-state index is 12.3. The van der Waals surface area contributed by atoms with Crippen molar-refractivity contribution < 1.29 is 32.2 Å². The van der Waals surface area contributed by atoms with E-state index in [1.807, 2.05) is 0 Å². The maximum absolute atomic E-state index is 12.3. The first-order chi connectivity index (χ1) is 11.4. The van der Waals surface area contributed by atoms with Crippen LogP contribution in [0.1, 0.15) is 31.7 Å². The van der Waals surface area contributed by atoms with Crippen molar-refractivity contribution in [2.45, 2.75) is 43.5 Å². The average Bonchev–Trinajstić information content (AvgIpc) is 2.76. The lowest BCUT2D eigenvalue weighted by Gasteiger charge is -2.21. The van der Waals surface area contributed by atoms with E-state index in [4.69, 9.17) is 4.74 Å². The Morgan fingerprint density at radius 2 is 1.96 bits per heavy atom. The highest BCUT2D eigenvalue weighted by Crippen LogP contribution is 2.37. The standard InChI is InChI=1S/C15H17F3N2O4S/c1-14(2,3)20-13(22)23-12-10(21)19-11(25-12)8-5-4-6-9(7-8)24-15(16,17)18/h4-7,11-12H,1-3H3,(H,19,21)(H,20,22). The largest absolute Gasteiger partial charge is 0.573 e. The minimum absolute atomic E-state index is 0.391. The minimum Gasteiger partial charge on any atom is -0.425 e. The summed E-state index contributed by atoms with van der Waals surface area (Å²) in [6.45, 7) is 5.27. The number of hydrogen-bond acceptors (Lipinski definition) is 5. The second-order valence-electron chi connectivity index (χ2n) is 6.26. The fraction of sp³-hybridized carbons (Fsp3) is 0.467. The smallest absolute Gasteiger partial charge is 0.425 e. The number of thioether (sulfide) groups is 1. The highest BCUT2D eigenvalue weighted by Gasteiger charge is 2.37. The zero-order valence-electron chi connectivity index (χ0n) is 13.6. The van der Waals surface area contributed by atoms with Gasteiger partial charge in [-0.25, -0.2) is 4.79 Å². The van der Waals surface area contributed by atoms with Gasteiger partial charge in [-0.15, -0.1) is 13.2 Å². The summed E-state index contributed by atoms with van der Waals surface area (Å²) in [4.78, 5) is 23.7. The van der Waals surface area contributed by atoms with Gasteiger partial charge in [0.05, 0.1) is 0 Å². The molecule has 138 valence electrons. The molecule has 2 amide bonds. The number of ether oxygens (including phenoxy) is 2. The van der Waals surface area contributed by atoms with Gasteiger partial charge in [0.15, 0.2) is 0 Å². The molecule has 0 radical (unpaired) electrons. The summed E-state index contributed by atoms with van der Waals surface area (Å²) in [6, 6.07) is 5.24. The molecule has 0 bridgehead atoms. The predicted octanol–water partition coefficient (Wildman–Crippen LogP) is 3.30. The number of alkyl halides is 3. The highest BCUT2D eigenvalue weighted by molar-refractivity contribution is 8.01. The average molecular weight is 378 g/mol. The van der Waals surface area contributed by atoms with Gasteiger partial charge in [0.2, 0.25) is 5.44 Å². The lowest BCUT2D eigenvalue weighted by Crippen LogP contribution is -2.43. The molecule has 2 N–H and O–H groups in total. The SMILES string of the molecule is CC(C)(C)NC(=O)OC1SC(c2cccc(OC(F)(F)F)c2)NC1=O. The number of benzene rings is 1. The summed E-state index contributed by atoms with van der Waals surface area (Å²) in [7, 11) is 0. The van der Waals surface area contributed by atoms with Crippen molar-refractivity contribution in [2.24, 2.45) is 0 Å². The third-order valence-electron chi connectivity index (χ3n) is 2.83. The van der Waals surface area contributed by atoms with Crippen LogP contribution in [0, 0.1) is 0 Å². The molecule has 0 aliphatic carbocycles. The number of carbonyl (C=O) groups excluding carboxylic acids is 2. The molecule has 6 nitrogen and oxygen atoms in total. The number of rotatable bonds is 3. The Bertz CT molecular complexity index is 661. The second-order valence-corrected chi connectivity index (χ2v) is 7.43. The molecule has 1 aromatic carbocycles. The molecule has 2 atom stereocenters. The van der Waals surface area contributed by atoms with Gasteiger partial charge in [-0.3, -0.25) is 4.79 Å². The van der Waals surface area contributed by atoms with Gasteiger partial charge in [0.25, 0.3) is 5.91 Å². The molecule has 0 saturated carbocycles. The van der Waals surface area contributed by atoms with E-state index in [2.05, 4.69) is 15.4 Å². The van der Waals surface area contributed by atoms with Crippen molar-refractivity contribution in [1.29, 1.82) is 0 Å². The molecule has 1 aromatic rings. The number of amides is 2. The predicted molar refractivity (Wildman–Crippen MR) is 84.8 cm³/mol. The molecular weight excluding hydrogens is 361 g/mol. The molecule has 1 fully saturated rings. The van der Waals surface area contributed by atoms with E-state index >= 15 is 0 Å². The topological polar surface area (TPSA) is 76.7 Å². The first-order valence-corrected chi connectivity index (χ1v) is 8.17. The van der Waals surface area contributed by atoms with Gasteiger partial charge in [-0.1, -0.05) is 23.9 Å². The first-order valence-electron chi connectivity index (χ1n) is 7.23. The van der Waals surface area contributed by atoms with E-state index in [1.165, 1.54) is 12.1 Å². The Hall–Kier alpha value is -2.10. The van der Waals surface area contributed by atoms with Crippen LogP contribution in [0.3, 0.4) is 0 Å². The van der Waals surface area contributed by atoms with E-state index in [0.717, 1.165) is 17.8 Å². The molecule has 1 saturated heterocycles. The Labute approximate surface area is 146 Å². The van der Waals surface area contributed by atoms with Crippen LogP contribution in [0.15, 0.2) is 24.3 Å². The molecule has 0 spiro atoms. The molecule has 2 unspecified atom stereocenters. The summed E-state index contributed by atoms with van der Waals surface area (Å²) in [5, 5.41) is 4.46. The van der Waals surface area contributed by atoms with Crippen LogP contribution < -0.4 is 15.4 Å². The lowest BCUT2D eigenvalue weighted by atomic mass is 10.1. The van der Waals surface area contributed by atoms with E-state index in [9.17, 15) is 22.8 Å². The van der Waals surface area contributed by atoms with Crippen LogP contribution in [-0.2, 0) is 9.53 Å². The van der Waals surface area contributed by atoms with Crippen LogP contribution in [0.2, 0.25) is 0 Å². The molecule has 1 aliphatic heterocycles. The summed E-state index contributed by atoms with van der Waals surface area (Å²) in [6.07, 6.45) is -5.56. The van der Waals surface area contributed by atoms with Crippen molar-refractivity contribution in [3.63, 3.8) is 0 Å². The molecule has 1 aliphatic rings. The first kappa shape index (κ1) is 19.2. The zero-order valence-corrected chi connectivity index (χ0v) is 14.5. The van der Waals surface area contributed by atoms with Gasteiger partial charge in [-0.05, 0) is 38.5 Å². The third kappa shape index (κ3) is 6.04. The summed E-state index contributed by atoms with van der Waals surface area (Å²) < 4.78 is 45.8. The van der Waals surface area contributed by atoms with E-state index in [1.54, 1.807) is 26.8 Å². The molecule has 10 heteroatoms. The van der Waals surface area contributed by atoms with Crippen molar-refractivity contribution >= 4 is 23.8 Å². The summed E-state index contributed by atoms with van der Waals surface area (Å²) in [5.74, 6) is -0.934. The van der Waals surface area contributed by atoms with Crippen molar-refractivity contribution in [3.05, 3.63) is 29.8 Å². The van der Waals surface area contributed by atoms with Crippen LogP contribution >= 0.6 is 11.8 Å². The second kappa shape index (κ2) is 7.03. The summed E-state index contributed by atoms with van der Waals surface area (Å²) in [5.41, 5.74) is -1.23. The van der Waals surface area contributed by atoms with Gasteiger partial charge in [-0.2, -0.15) is 0 Å². The van der Waals surface area contributed by atoms with Crippen LogP contribution in [0.4, 0.5) is 18.0 Å². The number of carbonyl (C=O) groups is 2. The minimum atomic E-state index is -4.80. The Kier molecular flexibility index (Phi) is 5.40. The number of nitrogens with one attached hydrogen (secondary N) is 2. The Morgan fingerprint density at radius 3 is 2.56 bits per heavy atom. The molecule has 1 heterocycles. The van der Waals surface area contributed by atoms with Gasteiger partial charge in [0.1, 0.15) is 11.1 Å². The van der Waals surface area contributed by atoms with E-state index < -0.39 is 40.5 Å². The number of alkyl carbamates (subject to hydrolysis) is 1. The molecule has 0 aromatic heterocycles. The van der Waals surface area contributed by atoms with Gasteiger partial charge >= 0.3 is 12.5 Å². The monoisotopic (exact) mass is 378 g/mol. The van der Waals surface area contributed by atoms with Crippen molar-refractivity contribution in [2.75, 3.05) is 0 Å². The van der Waals surface area contributed by atoms with Gasteiger partial charge in [0, 0.05) is 5.54 Å². The van der Waals surface area contributed by atoms with Crippen molar-refractivity contribution in [3.8, 4) is 5.75 Å². The fourth-order valence-electron chi connectivity index (χ4n) is 1.97. The molecule has 25 heavy (non-hydrogen) atoms. The third-order valence-corrected chi connectivity index (χ3v) is 4.05. The Balaban J connectivity index is 2.02. The van der Waals surface area contributed by atoms with E-state index in [-0.39, 0.29) is 0 Å². The summed E-state index contributed by atoms with van der Waals surface area (Å²) >= 11 is 0.972. The Morgan fingerprint density at radius 1 is 1.28 bits per heavy atom. The van der Waals surface area contributed by atoms with Crippen LogP contribution in [0.25, 0.3) is 0 Å². The molecular formula is C15H17F3N2O4S. The van der Waals surface area contributed by atoms with Gasteiger partial charge < -0.3 is 20.1 Å². The quantitative estimate of drug-likeness (QED) is 0.844. The molecule has 2 rings (SSSR count).